The number of benzene rings is 1. The maximum atomic E-state index is 15.5. The van der Waals surface area contributed by atoms with Crippen molar-refractivity contribution in [3.05, 3.63) is 33.6 Å². The van der Waals surface area contributed by atoms with E-state index in [1.54, 1.807) is 4.90 Å². The quantitative estimate of drug-likeness (QED) is 0.696. The van der Waals surface area contributed by atoms with Crippen LogP contribution in [0.15, 0.2) is 11.0 Å². The zero-order valence-corrected chi connectivity index (χ0v) is 14.3. The van der Waals surface area contributed by atoms with Gasteiger partial charge in [0.1, 0.15) is 11.3 Å². The van der Waals surface area contributed by atoms with Gasteiger partial charge in [-0.25, -0.2) is 13.6 Å². The zero-order valence-electron chi connectivity index (χ0n) is 14.3. The second-order valence-electron chi connectivity index (χ2n) is 7.74. The number of carboxylic acid groups (broad SMARTS) is 1. The lowest BCUT2D eigenvalue weighted by atomic mass is 10.1. The maximum Gasteiger partial charge on any atom is 0.341 e. The second-order valence-corrected chi connectivity index (χ2v) is 7.74. The van der Waals surface area contributed by atoms with Crippen molar-refractivity contribution in [3.8, 4) is 0 Å². The summed E-state index contributed by atoms with van der Waals surface area (Å²) in [6, 6.07) is -0.0632. The van der Waals surface area contributed by atoms with Crippen LogP contribution in [-0.2, 0) is 0 Å². The van der Waals surface area contributed by atoms with E-state index in [2.05, 4.69) is 0 Å². The van der Waals surface area contributed by atoms with Crippen LogP contribution in [0.1, 0.15) is 29.2 Å². The van der Waals surface area contributed by atoms with Crippen molar-refractivity contribution >= 4 is 28.2 Å². The highest BCUT2D eigenvalue weighted by Gasteiger charge is 2.54. The first kappa shape index (κ1) is 16.5. The first-order chi connectivity index (χ1) is 12.8. The molecule has 0 unspecified atom stereocenters. The predicted molar refractivity (Wildman–Crippen MR) is 94.9 cm³/mol. The van der Waals surface area contributed by atoms with Gasteiger partial charge in [-0.15, -0.1) is 0 Å². The lowest BCUT2D eigenvalue weighted by molar-refractivity contribution is 0.0695. The molecule has 1 aromatic heterocycles. The smallest absolute Gasteiger partial charge is 0.341 e. The first-order valence-electron chi connectivity index (χ1n) is 8.90. The van der Waals surface area contributed by atoms with Crippen molar-refractivity contribution < 1.29 is 18.7 Å². The average molecular weight is 376 g/mol. The number of hydrogen-bond acceptors (Lipinski definition) is 5. The number of piperidine rings is 1. The molecule has 1 aromatic carbocycles. The number of carboxylic acids is 1. The minimum absolute atomic E-state index is 0.0629. The van der Waals surface area contributed by atoms with Gasteiger partial charge in [-0.05, 0) is 24.7 Å². The third kappa shape index (κ3) is 2.14. The standard InChI is InChI=1S/C18H18F2N4O3/c19-11-14(22)10-15(12(20)16(11)23-3-7-8(4-23)13(7)21)24(6-1-2-6)5-9(17(10)25)18(26)27/h5-8,13H,1-4,21-22H2,(H,26,27)/t7-,8+,13+. The molecular formula is C18H18F2N4O3. The minimum atomic E-state index is -1.45. The molecule has 0 spiro atoms. The second kappa shape index (κ2) is 5.19. The summed E-state index contributed by atoms with van der Waals surface area (Å²) in [6.45, 7) is 0.872. The van der Waals surface area contributed by atoms with Crippen molar-refractivity contribution in [1.29, 1.82) is 0 Å². The third-order valence-electron chi connectivity index (χ3n) is 6.11. The zero-order chi connectivity index (χ0) is 19.2. The fourth-order valence-electron chi connectivity index (χ4n) is 4.38. The molecule has 27 heavy (non-hydrogen) atoms. The van der Waals surface area contributed by atoms with E-state index in [1.165, 1.54) is 4.57 Å². The van der Waals surface area contributed by atoms with E-state index in [1.807, 2.05) is 0 Å². The summed E-state index contributed by atoms with van der Waals surface area (Å²) < 4.78 is 31.9. The van der Waals surface area contributed by atoms with E-state index < -0.39 is 39.7 Å². The number of hydrogen-bond donors (Lipinski definition) is 3. The summed E-state index contributed by atoms with van der Waals surface area (Å²) in [7, 11) is 0. The van der Waals surface area contributed by atoms with E-state index in [4.69, 9.17) is 11.5 Å². The monoisotopic (exact) mass is 376 g/mol. The largest absolute Gasteiger partial charge is 0.477 e. The Morgan fingerprint density at radius 2 is 1.81 bits per heavy atom. The minimum Gasteiger partial charge on any atom is -0.477 e. The van der Waals surface area contributed by atoms with Crippen LogP contribution in [0.5, 0.6) is 0 Å². The first-order valence-corrected chi connectivity index (χ1v) is 8.90. The summed E-state index contributed by atoms with van der Waals surface area (Å²) >= 11 is 0. The van der Waals surface area contributed by atoms with E-state index in [0.717, 1.165) is 19.0 Å². The van der Waals surface area contributed by atoms with Gasteiger partial charge in [0.15, 0.2) is 11.6 Å². The van der Waals surface area contributed by atoms with Gasteiger partial charge in [-0.2, -0.15) is 0 Å². The molecule has 2 aliphatic carbocycles. The van der Waals surface area contributed by atoms with Gasteiger partial charge in [0, 0.05) is 31.4 Å². The molecule has 1 aliphatic heterocycles. The molecule has 3 atom stereocenters. The van der Waals surface area contributed by atoms with Gasteiger partial charge in [-0.1, -0.05) is 0 Å². The molecule has 3 aliphatic rings. The third-order valence-corrected chi connectivity index (χ3v) is 6.11. The van der Waals surface area contributed by atoms with Crippen molar-refractivity contribution in [2.75, 3.05) is 23.7 Å². The Kier molecular flexibility index (Phi) is 3.17. The number of nitrogens with two attached hydrogens (primary N) is 2. The van der Waals surface area contributed by atoms with Crippen LogP contribution in [0.3, 0.4) is 0 Å². The highest BCUT2D eigenvalue weighted by atomic mass is 19.1. The SMILES string of the molecule is Nc1c(F)c(N2C[C@@H]3[C@@H](N)[C@@H]3C2)c(F)c2c1c(=O)c(C(=O)O)cn2C1CC1. The number of halogens is 2. The Hall–Kier alpha value is -2.68. The topological polar surface area (TPSA) is 115 Å². The number of aromatic nitrogens is 1. The molecule has 0 radical (unpaired) electrons. The molecule has 9 heteroatoms. The summed E-state index contributed by atoms with van der Waals surface area (Å²) in [5.41, 5.74) is 9.41. The molecule has 142 valence electrons. The Morgan fingerprint density at radius 3 is 2.37 bits per heavy atom. The van der Waals surface area contributed by atoms with Crippen LogP contribution >= 0.6 is 0 Å². The van der Waals surface area contributed by atoms with Crippen molar-refractivity contribution in [2.24, 2.45) is 17.6 Å². The van der Waals surface area contributed by atoms with Crippen molar-refractivity contribution in [3.63, 3.8) is 0 Å². The number of fused-ring (bicyclic) bond motifs is 2. The summed E-state index contributed by atoms with van der Waals surface area (Å²) in [4.78, 5) is 25.6. The van der Waals surface area contributed by atoms with Gasteiger partial charge >= 0.3 is 5.97 Å². The number of rotatable bonds is 3. The lowest BCUT2D eigenvalue weighted by Crippen LogP contribution is -2.30. The molecule has 1 saturated heterocycles. The molecule has 7 nitrogen and oxygen atoms in total. The van der Waals surface area contributed by atoms with E-state index >= 15 is 8.78 Å². The van der Waals surface area contributed by atoms with Gasteiger partial charge in [-0.3, -0.25) is 4.79 Å². The Balaban J connectivity index is 1.80. The van der Waals surface area contributed by atoms with Crippen LogP contribution in [0.25, 0.3) is 10.9 Å². The summed E-state index contributed by atoms with van der Waals surface area (Å²) in [5.74, 6) is -2.92. The number of carbonyl (C=O) groups is 1. The van der Waals surface area contributed by atoms with Crippen LogP contribution in [0, 0.1) is 23.5 Å². The molecule has 2 saturated carbocycles. The van der Waals surface area contributed by atoms with Crippen LogP contribution < -0.4 is 21.8 Å². The van der Waals surface area contributed by atoms with Crippen LogP contribution in [0.2, 0.25) is 0 Å². The number of pyridine rings is 1. The highest BCUT2D eigenvalue weighted by Crippen LogP contribution is 2.48. The number of nitrogens with zero attached hydrogens (tertiary/aromatic N) is 2. The molecule has 2 aromatic rings. The molecule has 3 fully saturated rings. The van der Waals surface area contributed by atoms with Gasteiger partial charge in [0.2, 0.25) is 5.43 Å². The van der Waals surface area contributed by atoms with E-state index in [-0.39, 0.29) is 35.1 Å². The summed E-state index contributed by atoms with van der Waals surface area (Å²) in [5, 5.41) is 8.90. The predicted octanol–water partition coefficient (Wildman–Crippen LogP) is 1.29. The normalized spacial score (nSPS) is 26.5. The number of nitrogen functional groups attached to an aromatic ring is 1. The van der Waals surface area contributed by atoms with E-state index in [9.17, 15) is 14.7 Å². The van der Waals surface area contributed by atoms with Crippen molar-refractivity contribution in [1.82, 2.24) is 4.57 Å². The van der Waals surface area contributed by atoms with Gasteiger partial charge in [0.25, 0.3) is 0 Å². The summed E-state index contributed by atoms with van der Waals surface area (Å²) in [6.07, 6.45) is 2.60. The Morgan fingerprint density at radius 1 is 1.19 bits per heavy atom. The van der Waals surface area contributed by atoms with Gasteiger partial charge < -0.3 is 26.0 Å². The molecule has 5 rings (SSSR count). The highest BCUT2D eigenvalue weighted by molar-refractivity contribution is 5.99. The van der Waals surface area contributed by atoms with Gasteiger partial charge in [0.05, 0.1) is 16.6 Å². The number of anilines is 2. The molecular weight excluding hydrogens is 358 g/mol. The Bertz CT molecular complexity index is 1070. The fourth-order valence-corrected chi connectivity index (χ4v) is 4.38. The molecule has 5 N–H and O–H groups in total. The molecule has 2 heterocycles. The average Bonchev–Trinajstić information content (AvgIpc) is 3.51. The van der Waals surface area contributed by atoms with Crippen LogP contribution in [-0.4, -0.2) is 34.8 Å². The molecule has 0 amide bonds. The fraction of sp³-hybridized carbons (Fsp3) is 0.444. The number of aromatic carboxylic acids is 1. The lowest BCUT2D eigenvalue weighted by Gasteiger charge is -2.25. The Labute approximate surface area is 152 Å². The van der Waals surface area contributed by atoms with E-state index in [0.29, 0.717) is 13.1 Å². The van der Waals surface area contributed by atoms with Crippen molar-refractivity contribution in [2.45, 2.75) is 24.9 Å². The van der Waals surface area contributed by atoms with Crippen LogP contribution in [0.4, 0.5) is 20.2 Å². The maximum absolute atomic E-state index is 15.5. The molecule has 0 bridgehead atoms.